The summed E-state index contributed by atoms with van der Waals surface area (Å²) in [6.45, 7) is 0. The van der Waals surface area contributed by atoms with Crippen molar-refractivity contribution in [2.45, 2.75) is 4.90 Å². The van der Waals surface area contributed by atoms with Crippen LogP contribution >= 0.6 is 23.2 Å². The molecule has 0 amide bonds. The largest absolute Gasteiger partial charge is 1.00 e. The van der Waals surface area contributed by atoms with Crippen molar-refractivity contribution in [2.75, 3.05) is 0 Å². The minimum absolute atomic E-state index is 0. The van der Waals surface area contributed by atoms with E-state index in [-0.39, 0.29) is 56.8 Å². The zero-order valence-electron chi connectivity index (χ0n) is 9.95. The van der Waals surface area contributed by atoms with E-state index >= 15 is 0 Å². The molecule has 0 fully saturated rings. The molecule has 0 aliphatic rings. The van der Waals surface area contributed by atoms with Crippen LogP contribution in [0.2, 0.25) is 10.6 Å². The maximum absolute atomic E-state index is 10.7. The number of nitrogens with zero attached hydrogens (tertiary/aromatic N) is 3. The molecule has 7 nitrogen and oxygen atoms in total. The second-order valence-electron chi connectivity index (χ2n) is 3.18. The summed E-state index contributed by atoms with van der Waals surface area (Å²) in [5.41, 5.74) is 0. The van der Waals surface area contributed by atoms with Crippen LogP contribution in [0.4, 0.5) is 0 Å². The van der Waals surface area contributed by atoms with Gasteiger partial charge in [-0.25, -0.2) is 8.42 Å². The molecule has 0 N–H and O–H groups in total. The Morgan fingerprint density at radius 1 is 1.00 bits per heavy atom. The summed E-state index contributed by atoms with van der Waals surface area (Å²) in [7, 11) is -4.49. The van der Waals surface area contributed by atoms with E-state index in [0.717, 1.165) is 12.1 Å². The molecule has 0 atom stereocenters. The summed E-state index contributed by atoms with van der Waals surface area (Å²) in [6, 6.07) is 4.60. The first-order valence-electron chi connectivity index (χ1n) is 4.65. The van der Waals surface area contributed by atoms with E-state index < -0.39 is 10.1 Å². The zero-order chi connectivity index (χ0) is 14.0. The van der Waals surface area contributed by atoms with Crippen molar-refractivity contribution in [1.82, 2.24) is 15.0 Å². The van der Waals surface area contributed by atoms with Crippen LogP contribution in [0, 0.1) is 0 Å². The predicted octanol–water partition coefficient (Wildman–Crippen LogP) is -1.12. The molecule has 0 saturated heterocycles. The molecule has 2 rings (SSSR count). The molecule has 0 aliphatic carbocycles. The van der Waals surface area contributed by atoms with Crippen LogP contribution in [-0.2, 0) is 10.1 Å². The Balaban J connectivity index is 0.00000200. The van der Waals surface area contributed by atoms with Gasteiger partial charge in [-0.2, -0.15) is 15.0 Å². The fraction of sp³-hybridized carbons (Fsp3) is 0. The van der Waals surface area contributed by atoms with Gasteiger partial charge in [-0.3, -0.25) is 0 Å². The van der Waals surface area contributed by atoms with Crippen molar-refractivity contribution in [3.8, 4) is 11.8 Å². The molecule has 0 unspecified atom stereocenters. The van der Waals surface area contributed by atoms with Crippen LogP contribution in [0.3, 0.4) is 0 Å². The minimum Gasteiger partial charge on any atom is -0.744 e. The third-order valence-corrected chi connectivity index (χ3v) is 3.07. The van der Waals surface area contributed by atoms with Crippen molar-refractivity contribution in [1.29, 1.82) is 0 Å². The van der Waals surface area contributed by atoms with Crippen LogP contribution in [0.15, 0.2) is 29.2 Å². The molecule has 2 aromatic rings. The quantitative estimate of drug-likeness (QED) is 0.513. The monoisotopic (exact) mass is 343 g/mol. The Bertz CT molecular complexity index is 691. The number of halogens is 2. The Hall–Kier alpha value is -0.480. The van der Waals surface area contributed by atoms with Gasteiger partial charge in [0.05, 0.1) is 4.90 Å². The van der Waals surface area contributed by atoms with E-state index in [9.17, 15) is 13.0 Å². The molecule has 11 heteroatoms. The van der Waals surface area contributed by atoms with Gasteiger partial charge in [-0.05, 0) is 47.5 Å². The molecular formula is C9H4Cl2N3NaO4S. The summed E-state index contributed by atoms with van der Waals surface area (Å²) in [5.74, 6) is 0.214. The first kappa shape index (κ1) is 17.6. The Labute approximate surface area is 146 Å². The molecule has 1 aromatic carbocycles. The fourth-order valence-corrected chi connectivity index (χ4v) is 1.95. The zero-order valence-corrected chi connectivity index (χ0v) is 14.3. The van der Waals surface area contributed by atoms with Crippen molar-refractivity contribution in [3.05, 3.63) is 34.8 Å². The predicted molar refractivity (Wildman–Crippen MR) is 64.3 cm³/mol. The van der Waals surface area contributed by atoms with E-state index in [2.05, 4.69) is 15.0 Å². The van der Waals surface area contributed by atoms with Gasteiger partial charge in [-0.15, -0.1) is 0 Å². The van der Waals surface area contributed by atoms with Gasteiger partial charge in [0.15, 0.2) is 0 Å². The first-order chi connectivity index (χ1) is 8.84. The standard InChI is InChI=1S/C9H5Cl2N3O4S.Na/c10-7-12-8(11)14-9(13-7)18-5-1-3-6(4-2-5)19(15,16)17;/h1-4H,(H,15,16,17);/q;+1/p-1. The van der Waals surface area contributed by atoms with Crippen molar-refractivity contribution >= 4 is 33.3 Å². The smallest absolute Gasteiger partial charge is 0.744 e. The second-order valence-corrected chi connectivity index (χ2v) is 5.24. The van der Waals surface area contributed by atoms with Crippen LogP contribution in [0.5, 0.6) is 11.8 Å². The average molecular weight is 344 g/mol. The molecule has 0 bridgehead atoms. The summed E-state index contributed by atoms with van der Waals surface area (Å²) in [4.78, 5) is 10.5. The number of hydrogen-bond acceptors (Lipinski definition) is 7. The molecule has 0 spiro atoms. The van der Waals surface area contributed by atoms with Gasteiger partial charge < -0.3 is 9.29 Å². The molecule has 0 aliphatic heterocycles. The maximum atomic E-state index is 10.7. The van der Waals surface area contributed by atoms with Gasteiger partial charge in [0.25, 0.3) is 0 Å². The van der Waals surface area contributed by atoms with E-state index in [0.29, 0.717) is 0 Å². The van der Waals surface area contributed by atoms with Crippen LogP contribution in [0.1, 0.15) is 0 Å². The number of hydrogen-bond donors (Lipinski definition) is 0. The summed E-state index contributed by atoms with van der Waals surface area (Å²) in [6.07, 6.45) is 0. The Kier molecular flexibility index (Phi) is 6.14. The van der Waals surface area contributed by atoms with E-state index in [1.165, 1.54) is 12.1 Å². The Morgan fingerprint density at radius 3 is 1.95 bits per heavy atom. The molecule has 100 valence electrons. The third kappa shape index (κ3) is 4.81. The SMILES string of the molecule is O=S(=O)([O-])c1ccc(Oc2nc(Cl)nc(Cl)n2)cc1.[Na+]. The van der Waals surface area contributed by atoms with Gasteiger partial charge in [-0.1, -0.05) is 0 Å². The second kappa shape index (κ2) is 6.99. The van der Waals surface area contributed by atoms with Gasteiger partial charge in [0, 0.05) is 0 Å². The van der Waals surface area contributed by atoms with Crippen molar-refractivity contribution in [2.24, 2.45) is 0 Å². The number of ether oxygens (including phenoxy) is 1. The molecular weight excluding hydrogens is 340 g/mol. The topological polar surface area (TPSA) is 105 Å². The molecule has 0 saturated carbocycles. The fourth-order valence-electron chi connectivity index (χ4n) is 1.13. The van der Waals surface area contributed by atoms with Crippen molar-refractivity contribution in [3.63, 3.8) is 0 Å². The minimum atomic E-state index is -4.49. The molecule has 0 radical (unpaired) electrons. The van der Waals surface area contributed by atoms with Crippen LogP contribution in [0.25, 0.3) is 0 Å². The number of benzene rings is 1. The molecule has 20 heavy (non-hydrogen) atoms. The average Bonchev–Trinajstić information content (AvgIpc) is 2.26. The summed E-state index contributed by atoms with van der Waals surface area (Å²) >= 11 is 11.1. The number of aromatic nitrogens is 3. The Morgan fingerprint density at radius 2 is 1.50 bits per heavy atom. The molecule has 1 aromatic heterocycles. The normalized spacial score (nSPS) is 10.8. The van der Waals surface area contributed by atoms with Crippen molar-refractivity contribution < 1.29 is 47.3 Å². The first-order valence-corrected chi connectivity index (χ1v) is 6.82. The molecule has 1 heterocycles. The van der Waals surface area contributed by atoms with Crippen LogP contribution < -0.4 is 34.3 Å². The van der Waals surface area contributed by atoms with E-state index in [4.69, 9.17) is 27.9 Å². The van der Waals surface area contributed by atoms with E-state index in [1.54, 1.807) is 0 Å². The van der Waals surface area contributed by atoms with Gasteiger partial charge in [0.2, 0.25) is 10.6 Å². The number of rotatable bonds is 3. The van der Waals surface area contributed by atoms with Gasteiger partial charge >= 0.3 is 35.6 Å². The summed E-state index contributed by atoms with van der Waals surface area (Å²) < 4.78 is 37.4. The summed E-state index contributed by atoms with van der Waals surface area (Å²) in [5, 5.41) is -0.289. The van der Waals surface area contributed by atoms with Gasteiger partial charge in [0.1, 0.15) is 15.9 Å². The third-order valence-electron chi connectivity index (χ3n) is 1.88. The van der Waals surface area contributed by atoms with E-state index in [1.807, 2.05) is 0 Å². The maximum Gasteiger partial charge on any atom is 1.00 e. The van der Waals surface area contributed by atoms with Crippen LogP contribution in [-0.4, -0.2) is 27.9 Å².